The van der Waals surface area contributed by atoms with E-state index in [4.69, 9.17) is 9.97 Å². The van der Waals surface area contributed by atoms with Gasteiger partial charge in [-0.2, -0.15) is 0 Å². The third-order valence-corrected chi connectivity index (χ3v) is 4.75. The normalized spacial score (nSPS) is 11.0. The molecule has 3 aromatic rings. The smallest absolute Gasteiger partial charge is 0.163 e. The van der Waals surface area contributed by atoms with E-state index in [9.17, 15) is 0 Å². The minimum atomic E-state index is 0.793. The molecule has 0 saturated carbocycles. The molecule has 0 unspecified atom stereocenters. The maximum atomic E-state index is 4.76. The Labute approximate surface area is 122 Å². The molecular formula is C16H17N3S. The second-order valence-corrected chi connectivity index (χ2v) is 6.13. The van der Waals surface area contributed by atoms with E-state index in [1.807, 2.05) is 19.2 Å². The highest BCUT2D eigenvalue weighted by molar-refractivity contribution is 7.18. The van der Waals surface area contributed by atoms with Gasteiger partial charge in [0.05, 0.1) is 5.39 Å². The summed E-state index contributed by atoms with van der Waals surface area (Å²) in [4.78, 5) is 11.8. The lowest BCUT2D eigenvalue weighted by Crippen LogP contribution is -1.98. The number of nitrogens with zero attached hydrogens (tertiary/aromatic N) is 2. The molecule has 0 atom stereocenters. The molecule has 1 aromatic carbocycles. The predicted molar refractivity (Wildman–Crippen MR) is 86.6 cm³/mol. The molecule has 0 aliphatic rings. The molecule has 0 amide bonds. The predicted octanol–water partition coefficient (Wildman–Crippen LogP) is 4.33. The van der Waals surface area contributed by atoms with Crippen molar-refractivity contribution in [3.8, 4) is 11.4 Å². The first kappa shape index (κ1) is 13.1. The molecular weight excluding hydrogens is 266 g/mol. The molecule has 0 radical (unpaired) electrons. The largest absolute Gasteiger partial charge is 0.372 e. The number of benzene rings is 1. The lowest BCUT2D eigenvalue weighted by molar-refractivity contribution is 1.21. The third-order valence-electron chi connectivity index (χ3n) is 3.65. The standard InChI is InChI=1S/C16H17N3S/c1-9-7-5-6-8-12(9)14-18-15(17-4)13-10(2)11(3)20-16(13)19-14/h5-8H,1-4H3,(H,17,18,19). The molecule has 1 N–H and O–H groups in total. The monoisotopic (exact) mass is 283 g/mol. The van der Waals surface area contributed by atoms with Gasteiger partial charge in [-0.25, -0.2) is 9.97 Å². The zero-order valence-corrected chi connectivity index (χ0v) is 12.9. The molecule has 0 aliphatic carbocycles. The second kappa shape index (κ2) is 4.87. The number of fused-ring (bicyclic) bond motifs is 1. The Morgan fingerprint density at radius 1 is 1.05 bits per heavy atom. The number of aromatic nitrogens is 2. The van der Waals surface area contributed by atoms with Gasteiger partial charge in [0.1, 0.15) is 10.6 Å². The van der Waals surface area contributed by atoms with E-state index in [0.717, 1.165) is 27.4 Å². The van der Waals surface area contributed by atoms with E-state index in [0.29, 0.717) is 0 Å². The van der Waals surface area contributed by atoms with Crippen LogP contribution in [-0.4, -0.2) is 17.0 Å². The quantitative estimate of drug-likeness (QED) is 0.761. The van der Waals surface area contributed by atoms with Crippen LogP contribution in [0.4, 0.5) is 5.82 Å². The summed E-state index contributed by atoms with van der Waals surface area (Å²) in [5.74, 6) is 1.70. The Hall–Kier alpha value is -1.94. The molecule has 0 bridgehead atoms. The van der Waals surface area contributed by atoms with Crippen LogP contribution in [0.5, 0.6) is 0 Å². The molecule has 0 saturated heterocycles. The maximum Gasteiger partial charge on any atom is 0.163 e. The summed E-state index contributed by atoms with van der Waals surface area (Å²) in [6, 6.07) is 8.23. The fraction of sp³-hybridized carbons (Fsp3) is 0.250. The van der Waals surface area contributed by atoms with E-state index < -0.39 is 0 Å². The highest BCUT2D eigenvalue weighted by Crippen LogP contribution is 2.35. The SMILES string of the molecule is CNc1nc(-c2ccccc2C)nc2sc(C)c(C)c12. The zero-order valence-electron chi connectivity index (χ0n) is 12.1. The second-order valence-electron chi connectivity index (χ2n) is 4.92. The molecule has 0 aliphatic heterocycles. The van der Waals surface area contributed by atoms with Crippen molar-refractivity contribution in [1.82, 2.24) is 9.97 Å². The first-order valence-electron chi connectivity index (χ1n) is 6.63. The Morgan fingerprint density at radius 3 is 2.50 bits per heavy atom. The summed E-state index contributed by atoms with van der Waals surface area (Å²) in [5, 5.41) is 4.35. The highest BCUT2D eigenvalue weighted by Gasteiger charge is 2.15. The average molecular weight is 283 g/mol. The lowest BCUT2D eigenvalue weighted by Gasteiger charge is -2.08. The van der Waals surface area contributed by atoms with E-state index in [2.05, 4.69) is 38.2 Å². The summed E-state index contributed by atoms with van der Waals surface area (Å²) < 4.78 is 0. The van der Waals surface area contributed by atoms with Gasteiger partial charge in [-0.3, -0.25) is 0 Å². The molecule has 3 rings (SSSR count). The van der Waals surface area contributed by atoms with Gasteiger partial charge < -0.3 is 5.32 Å². The van der Waals surface area contributed by atoms with Gasteiger partial charge in [-0.1, -0.05) is 24.3 Å². The molecule has 2 aromatic heterocycles. The van der Waals surface area contributed by atoms with Crippen LogP contribution in [0, 0.1) is 20.8 Å². The molecule has 4 heteroatoms. The van der Waals surface area contributed by atoms with Gasteiger partial charge >= 0.3 is 0 Å². The van der Waals surface area contributed by atoms with Crippen molar-refractivity contribution < 1.29 is 0 Å². The van der Waals surface area contributed by atoms with Crippen LogP contribution in [0.3, 0.4) is 0 Å². The Bertz CT molecular complexity index is 790. The minimum Gasteiger partial charge on any atom is -0.372 e. The first-order valence-corrected chi connectivity index (χ1v) is 7.45. The van der Waals surface area contributed by atoms with Crippen LogP contribution in [0.2, 0.25) is 0 Å². The number of rotatable bonds is 2. The van der Waals surface area contributed by atoms with Gasteiger partial charge in [0.25, 0.3) is 0 Å². The number of aryl methyl sites for hydroxylation is 3. The van der Waals surface area contributed by atoms with Crippen LogP contribution in [0.15, 0.2) is 24.3 Å². The molecule has 102 valence electrons. The maximum absolute atomic E-state index is 4.76. The minimum absolute atomic E-state index is 0.793. The van der Waals surface area contributed by atoms with Gasteiger partial charge in [-0.15, -0.1) is 11.3 Å². The molecule has 0 fully saturated rings. The summed E-state index contributed by atoms with van der Waals surface area (Å²) in [6.07, 6.45) is 0. The topological polar surface area (TPSA) is 37.8 Å². The van der Waals surface area contributed by atoms with Crippen LogP contribution in [-0.2, 0) is 0 Å². The Balaban J connectivity index is 2.32. The third kappa shape index (κ3) is 1.96. The van der Waals surface area contributed by atoms with Gasteiger partial charge in [0.15, 0.2) is 5.82 Å². The van der Waals surface area contributed by atoms with E-state index in [-0.39, 0.29) is 0 Å². The Morgan fingerprint density at radius 2 is 1.80 bits per heavy atom. The number of hydrogen-bond acceptors (Lipinski definition) is 4. The van der Waals surface area contributed by atoms with Crippen molar-refractivity contribution in [1.29, 1.82) is 0 Å². The number of thiophene rings is 1. The van der Waals surface area contributed by atoms with Crippen LogP contribution >= 0.6 is 11.3 Å². The van der Waals surface area contributed by atoms with E-state index in [1.165, 1.54) is 16.0 Å². The summed E-state index contributed by atoms with van der Waals surface area (Å²) >= 11 is 1.73. The highest BCUT2D eigenvalue weighted by atomic mass is 32.1. The average Bonchev–Trinajstić information content (AvgIpc) is 2.73. The molecule has 3 nitrogen and oxygen atoms in total. The fourth-order valence-electron chi connectivity index (χ4n) is 2.37. The van der Waals surface area contributed by atoms with Gasteiger partial charge in [0.2, 0.25) is 0 Å². The summed E-state index contributed by atoms with van der Waals surface area (Å²) in [6.45, 7) is 6.35. The summed E-state index contributed by atoms with van der Waals surface area (Å²) in [5.41, 5.74) is 3.55. The van der Waals surface area contributed by atoms with E-state index in [1.54, 1.807) is 11.3 Å². The first-order chi connectivity index (χ1) is 9.61. The van der Waals surface area contributed by atoms with Crippen molar-refractivity contribution in [3.63, 3.8) is 0 Å². The zero-order chi connectivity index (χ0) is 14.3. The van der Waals surface area contributed by atoms with E-state index >= 15 is 0 Å². The fourth-order valence-corrected chi connectivity index (χ4v) is 3.40. The van der Waals surface area contributed by atoms with Gasteiger partial charge in [0, 0.05) is 17.5 Å². The lowest BCUT2D eigenvalue weighted by atomic mass is 10.1. The number of anilines is 1. The van der Waals surface area contributed by atoms with Crippen molar-refractivity contribution in [2.24, 2.45) is 0 Å². The molecule has 0 spiro atoms. The number of hydrogen-bond donors (Lipinski definition) is 1. The van der Waals surface area contributed by atoms with Gasteiger partial charge in [-0.05, 0) is 31.9 Å². The molecule has 20 heavy (non-hydrogen) atoms. The Kier molecular flexibility index (Phi) is 3.18. The summed E-state index contributed by atoms with van der Waals surface area (Å²) in [7, 11) is 1.91. The van der Waals surface area contributed by atoms with Crippen molar-refractivity contribution in [2.45, 2.75) is 20.8 Å². The van der Waals surface area contributed by atoms with Crippen LogP contribution in [0.25, 0.3) is 21.6 Å². The van der Waals surface area contributed by atoms with Crippen LogP contribution < -0.4 is 5.32 Å². The van der Waals surface area contributed by atoms with Crippen molar-refractivity contribution >= 4 is 27.4 Å². The van der Waals surface area contributed by atoms with Crippen molar-refractivity contribution in [2.75, 3.05) is 12.4 Å². The molecule has 2 heterocycles. The number of nitrogens with one attached hydrogen (secondary N) is 1. The van der Waals surface area contributed by atoms with Crippen molar-refractivity contribution in [3.05, 3.63) is 40.3 Å². The van der Waals surface area contributed by atoms with Crippen LogP contribution in [0.1, 0.15) is 16.0 Å².